The quantitative estimate of drug-likeness (QED) is 0.943. The molecule has 2 heterocycles. The van der Waals surface area contributed by atoms with Crippen LogP contribution < -0.4 is 0 Å². The molecular formula is C11H7F3N2O2S. The van der Waals surface area contributed by atoms with Crippen LogP contribution in [0.25, 0.3) is 0 Å². The average Bonchev–Trinajstić information content (AvgIpc) is 2.74. The fourth-order valence-electron chi connectivity index (χ4n) is 1.45. The summed E-state index contributed by atoms with van der Waals surface area (Å²) < 4.78 is 37.9. The van der Waals surface area contributed by atoms with Gasteiger partial charge in [0.1, 0.15) is 4.88 Å². The summed E-state index contributed by atoms with van der Waals surface area (Å²) in [5, 5.41) is 8.88. The summed E-state index contributed by atoms with van der Waals surface area (Å²) in [6.45, 7) is 0. The van der Waals surface area contributed by atoms with Gasteiger partial charge in [-0.1, -0.05) is 0 Å². The highest BCUT2D eigenvalue weighted by Gasteiger charge is 2.39. The maximum atomic E-state index is 12.6. The number of nitrogens with zero attached hydrogens (tertiary/aromatic N) is 2. The lowest BCUT2D eigenvalue weighted by atomic mass is 10.2. The molecule has 0 radical (unpaired) electrons. The van der Waals surface area contributed by atoms with E-state index < -0.39 is 22.7 Å². The Morgan fingerprint density at radius 2 is 1.95 bits per heavy atom. The Kier molecular flexibility index (Phi) is 3.52. The van der Waals surface area contributed by atoms with E-state index in [9.17, 15) is 18.0 Å². The van der Waals surface area contributed by atoms with E-state index in [1.54, 1.807) is 12.1 Å². The summed E-state index contributed by atoms with van der Waals surface area (Å²) in [5.41, 5.74) is -0.622. The van der Waals surface area contributed by atoms with Crippen LogP contribution >= 0.6 is 11.3 Å². The first kappa shape index (κ1) is 13.5. The molecule has 100 valence electrons. The summed E-state index contributed by atoms with van der Waals surface area (Å²) >= 11 is 0.538. The van der Waals surface area contributed by atoms with Gasteiger partial charge in [-0.05, 0) is 17.7 Å². The van der Waals surface area contributed by atoms with E-state index >= 15 is 0 Å². The fourth-order valence-corrected chi connectivity index (χ4v) is 2.41. The highest BCUT2D eigenvalue weighted by Crippen LogP contribution is 2.34. The number of halogens is 3. The van der Waals surface area contributed by atoms with E-state index in [0.717, 1.165) is 5.56 Å². The molecule has 0 atom stereocenters. The Bertz CT molecular complexity index is 596. The van der Waals surface area contributed by atoms with E-state index in [1.165, 1.54) is 12.4 Å². The van der Waals surface area contributed by atoms with Gasteiger partial charge < -0.3 is 5.11 Å². The summed E-state index contributed by atoms with van der Waals surface area (Å²) in [6, 6.07) is 3.27. The third kappa shape index (κ3) is 3.08. The molecule has 1 N–H and O–H groups in total. The van der Waals surface area contributed by atoms with Gasteiger partial charge in [0.25, 0.3) is 0 Å². The minimum Gasteiger partial charge on any atom is -0.477 e. The number of pyridine rings is 1. The molecule has 19 heavy (non-hydrogen) atoms. The van der Waals surface area contributed by atoms with Gasteiger partial charge in [0, 0.05) is 18.8 Å². The molecule has 4 nitrogen and oxygen atoms in total. The van der Waals surface area contributed by atoms with Crippen molar-refractivity contribution in [2.45, 2.75) is 12.6 Å². The first-order valence-corrected chi connectivity index (χ1v) is 5.88. The van der Waals surface area contributed by atoms with Crippen molar-refractivity contribution in [3.8, 4) is 0 Å². The highest BCUT2D eigenvalue weighted by atomic mass is 32.1. The largest absolute Gasteiger partial charge is 0.477 e. The van der Waals surface area contributed by atoms with E-state index in [2.05, 4.69) is 9.97 Å². The third-order valence-electron chi connectivity index (χ3n) is 2.24. The summed E-state index contributed by atoms with van der Waals surface area (Å²) in [6.07, 6.45) is -1.61. The number of thiazole rings is 1. The smallest absolute Gasteiger partial charge is 0.435 e. The van der Waals surface area contributed by atoms with Crippen molar-refractivity contribution in [2.24, 2.45) is 0 Å². The van der Waals surface area contributed by atoms with Gasteiger partial charge in [-0.3, -0.25) is 4.98 Å². The molecule has 0 saturated heterocycles. The van der Waals surface area contributed by atoms with Gasteiger partial charge in [0.2, 0.25) is 0 Å². The number of aromatic carboxylic acids is 1. The number of carboxylic acid groups (broad SMARTS) is 1. The summed E-state index contributed by atoms with van der Waals surface area (Å²) in [5.74, 6) is -1.62. The maximum Gasteiger partial charge on any atom is 0.435 e. The Balaban J connectivity index is 2.36. The molecular weight excluding hydrogens is 281 g/mol. The number of rotatable bonds is 3. The standard InChI is InChI=1S/C11H7F3N2O2S/c12-11(13,14)9-8(10(17)18)19-7(16-9)5-6-1-3-15-4-2-6/h1-4H,5H2,(H,17,18). The molecule has 0 fully saturated rings. The van der Waals surface area contributed by atoms with E-state index in [1.807, 2.05) is 0 Å². The minimum absolute atomic E-state index is 0.107. The SMILES string of the molecule is O=C(O)c1sc(Cc2ccncc2)nc1C(F)(F)F. The van der Waals surface area contributed by atoms with Gasteiger partial charge in [-0.2, -0.15) is 13.2 Å². The highest BCUT2D eigenvalue weighted by molar-refractivity contribution is 7.13. The van der Waals surface area contributed by atoms with Crippen LogP contribution in [0.5, 0.6) is 0 Å². The number of hydrogen-bond acceptors (Lipinski definition) is 4. The van der Waals surface area contributed by atoms with Crippen LogP contribution in [-0.2, 0) is 12.6 Å². The number of alkyl halides is 3. The van der Waals surface area contributed by atoms with Gasteiger partial charge in [-0.25, -0.2) is 9.78 Å². The molecule has 2 aromatic rings. The first-order chi connectivity index (χ1) is 8.88. The fraction of sp³-hybridized carbons (Fsp3) is 0.182. The third-order valence-corrected chi connectivity index (χ3v) is 3.28. The lowest BCUT2D eigenvalue weighted by molar-refractivity contribution is -0.141. The molecule has 0 bridgehead atoms. The van der Waals surface area contributed by atoms with Gasteiger partial charge in [0.15, 0.2) is 5.69 Å². The Hall–Kier alpha value is -1.96. The molecule has 8 heteroatoms. The van der Waals surface area contributed by atoms with Crippen LogP contribution in [0.4, 0.5) is 13.2 Å². The lowest BCUT2D eigenvalue weighted by Gasteiger charge is -2.02. The van der Waals surface area contributed by atoms with Crippen molar-refractivity contribution < 1.29 is 23.1 Å². The van der Waals surface area contributed by atoms with Crippen molar-refractivity contribution >= 4 is 17.3 Å². The molecule has 0 aliphatic rings. The summed E-state index contributed by atoms with van der Waals surface area (Å²) in [7, 11) is 0. The van der Waals surface area contributed by atoms with E-state index in [4.69, 9.17) is 5.11 Å². The topological polar surface area (TPSA) is 63.1 Å². The zero-order chi connectivity index (χ0) is 14.0. The van der Waals surface area contributed by atoms with Crippen LogP contribution in [-0.4, -0.2) is 21.0 Å². The van der Waals surface area contributed by atoms with Crippen molar-refractivity contribution in [1.82, 2.24) is 9.97 Å². The second-order valence-corrected chi connectivity index (χ2v) is 4.70. The van der Waals surface area contributed by atoms with Crippen LogP contribution in [0.1, 0.15) is 25.9 Å². The van der Waals surface area contributed by atoms with Crippen LogP contribution in [0.15, 0.2) is 24.5 Å². The van der Waals surface area contributed by atoms with E-state index in [0.29, 0.717) is 11.3 Å². The molecule has 0 amide bonds. The molecule has 0 aliphatic heterocycles. The van der Waals surface area contributed by atoms with E-state index in [-0.39, 0.29) is 11.4 Å². The van der Waals surface area contributed by atoms with Crippen molar-refractivity contribution in [3.63, 3.8) is 0 Å². The van der Waals surface area contributed by atoms with Gasteiger partial charge in [0.05, 0.1) is 5.01 Å². The lowest BCUT2D eigenvalue weighted by Crippen LogP contribution is -2.11. The van der Waals surface area contributed by atoms with Gasteiger partial charge >= 0.3 is 12.1 Å². The Morgan fingerprint density at radius 1 is 1.32 bits per heavy atom. The van der Waals surface area contributed by atoms with Crippen LogP contribution in [0.3, 0.4) is 0 Å². The second kappa shape index (κ2) is 4.96. The number of carbonyl (C=O) groups is 1. The minimum atomic E-state index is -4.76. The van der Waals surface area contributed by atoms with Crippen molar-refractivity contribution in [1.29, 1.82) is 0 Å². The predicted octanol–water partition coefficient (Wildman–Crippen LogP) is 2.85. The Morgan fingerprint density at radius 3 is 2.42 bits per heavy atom. The predicted molar refractivity (Wildman–Crippen MR) is 61.1 cm³/mol. The first-order valence-electron chi connectivity index (χ1n) is 5.07. The van der Waals surface area contributed by atoms with Crippen molar-refractivity contribution in [2.75, 3.05) is 0 Å². The Labute approximate surface area is 109 Å². The van der Waals surface area contributed by atoms with Crippen LogP contribution in [0.2, 0.25) is 0 Å². The number of aromatic nitrogens is 2. The molecule has 0 aromatic carbocycles. The molecule has 0 spiro atoms. The average molecular weight is 288 g/mol. The number of hydrogen-bond donors (Lipinski definition) is 1. The van der Waals surface area contributed by atoms with Crippen LogP contribution in [0, 0.1) is 0 Å². The monoisotopic (exact) mass is 288 g/mol. The normalized spacial score (nSPS) is 11.5. The number of carboxylic acids is 1. The molecule has 0 aliphatic carbocycles. The molecule has 0 unspecified atom stereocenters. The molecule has 2 rings (SSSR count). The maximum absolute atomic E-state index is 12.6. The second-order valence-electron chi connectivity index (χ2n) is 3.62. The molecule has 0 saturated carbocycles. The summed E-state index contributed by atoms with van der Waals surface area (Å²) in [4.78, 5) is 17.2. The zero-order valence-electron chi connectivity index (χ0n) is 9.31. The molecule has 2 aromatic heterocycles. The zero-order valence-corrected chi connectivity index (χ0v) is 10.1. The van der Waals surface area contributed by atoms with Gasteiger partial charge in [-0.15, -0.1) is 11.3 Å². The van der Waals surface area contributed by atoms with Crippen molar-refractivity contribution in [3.05, 3.63) is 45.7 Å².